The average Bonchev–Trinajstić information content (AvgIpc) is 3.35. The fraction of sp³-hybridized carbons (Fsp3) is 0.231. The van der Waals surface area contributed by atoms with Crippen molar-refractivity contribution in [2.45, 2.75) is 24.8 Å². The summed E-state index contributed by atoms with van der Waals surface area (Å²) in [6.07, 6.45) is 5.90. The first-order valence-electron chi connectivity index (χ1n) is 11.6. The van der Waals surface area contributed by atoms with Crippen LogP contribution in [0.2, 0.25) is 0 Å². The summed E-state index contributed by atoms with van der Waals surface area (Å²) in [5.41, 5.74) is 3.49. The molecule has 9 heteroatoms. The van der Waals surface area contributed by atoms with Crippen LogP contribution in [-0.2, 0) is 10.3 Å². The summed E-state index contributed by atoms with van der Waals surface area (Å²) < 4.78 is 0. The van der Waals surface area contributed by atoms with E-state index >= 15 is 0 Å². The van der Waals surface area contributed by atoms with Gasteiger partial charge >= 0.3 is 0 Å². The number of pyridine rings is 1. The Bertz CT molecular complexity index is 1320. The molecule has 1 aromatic carbocycles. The molecule has 2 aliphatic heterocycles. The van der Waals surface area contributed by atoms with Crippen molar-refractivity contribution in [1.29, 1.82) is 0 Å². The van der Waals surface area contributed by atoms with Gasteiger partial charge in [0.05, 0.1) is 28.0 Å². The lowest BCUT2D eigenvalue weighted by Crippen LogP contribution is -2.57. The number of para-hydroxylation sites is 1. The van der Waals surface area contributed by atoms with Crippen molar-refractivity contribution in [3.05, 3.63) is 78.1 Å². The molecule has 2 aromatic heterocycles. The number of hydrogen-bond donors (Lipinski definition) is 5. The number of piperidine rings is 1. The van der Waals surface area contributed by atoms with Crippen molar-refractivity contribution in [1.82, 2.24) is 20.6 Å². The predicted octanol–water partition coefficient (Wildman–Crippen LogP) is 3.17. The summed E-state index contributed by atoms with van der Waals surface area (Å²) in [5, 5.41) is 12.1. The van der Waals surface area contributed by atoms with Crippen molar-refractivity contribution < 1.29 is 14.4 Å². The van der Waals surface area contributed by atoms with E-state index in [0.29, 0.717) is 29.2 Å². The minimum Gasteiger partial charge on any atom is -0.356 e. The van der Waals surface area contributed by atoms with Gasteiger partial charge in [0.25, 0.3) is 11.8 Å². The summed E-state index contributed by atoms with van der Waals surface area (Å²) in [6, 6.07) is 12.1. The summed E-state index contributed by atoms with van der Waals surface area (Å²) in [7, 11) is 0. The van der Waals surface area contributed by atoms with Gasteiger partial charge in [-0.05, 0) is 62.2 Å². The largest absolute Gasteiger partial charge is 0.356 e. The van der Waals surface area contributed by atoms with E-state index in [1.165, 1.54) is 0 Å². The summed E-state index contributed by atoms with van der Waals surface area (Å²) in [6.45, 7) is 4.90. The third kappa shape index (κ3) is 4.33. The number of nitrogens with one attached hydrogen (secondary N) is 5. The van der Waals surface area contributed by atoms with E-state index in [1.54, 1.807) is 36.5 Å². The van der Waals surface area contributed by atoms with Crippen LogP contribution >= 0.6 is 0 Å². The smallest absolute Gasteiger partial charge is 0.258 e. The van der Waals surface area contributed by atoms with Crippen LogP contribution in [0.4, 0.5) is 11.5 Å². The highest BCUT2D eigenvalue weighted by atomic mass is 16.2. The second kappa shape index (κ2) is 9.19. The first-order valence-corrected chi connectivity index (χ1v) is 11.6. The van der Waals surface area contributed by atoms with Crippen LogP contribution in [0.15, 0.2) is 61.3 Å². The van der Waals surface area contributed by atoms with E-state index in [1.807, 2.05) is 12.1 Å². The molecule has 1 fully saturated rings. The van der Waals surface area contributed by atoms with Crippen molar-refractivity contribution >= 4 is 29.2 Å². The Morgan fingerprint density at radius 2 is 1.97 bits per heavy atom. The summed E-state index contributed by atoms with van der Waals surface area (Å²) in [4.78, 5) is 45.0. The van der Waals surface area contributed by atoms with Crippen LogP contribution < -0.4 is 21.3 Å². The molecule has 1 unspecified atom stereocenters. The topological polar surface area (TPSA) is 128 Å². The van der Waals surface area contributed by atoms with Crippen LogP contribution in [-0.4, -0.2) is 40.8 Å². The van der Waals surface area contributed by atoms with Gasteiger partial charge in [-0.1, -0.05) is 18.7 Å². The number of benzene rings is 1. The fourth-order valence-electron chi connectivity index (χ4n) is 4.74. The van der Waals surface area contributed by atoms with Crippen molar-refractivity contribution in [2.24, 2.45) is 0 Å². The number of anilines is 2. The summed E-state index contributed by atoms with van der Waals surface area (Å²) >= 11 is 0. The van der Waals surface area contributed by atoms with Crippen LogP contribution in [0.3, 0.4) is 0 Å². The maximum atomic E-state index is 13.0. The second-order valence-electron chi connectivity index (χ2n) is 8.74. The van der Waals surface area contributed by atoms with Crippen LogP contribution in [0.25, 0.3) is 11.3 Å². The number of aromatic nitrogens is 2. The Kier molecular flexibility index (Phi) is 5.92. The maximum Gasteiger partial charge on any atom is 0.258 e. The molecule has 0 saturated carbocycles. The van der Waals surface area contributed by atoms with Gasteiger partial charge in [-0.3, -0.25) is 14.4 Å². The molecule has 5 N–H and O–H groups in total. The van der Waals surface area contributed by atoms with Crippen molar-refractivity contribution in [3.63, 3.8) is 0 Å². The molecule has 2 aliphatic rings. The molecule has 1 saturated heterocycles. The van der Waals surface area contributed by atoms with Gasteiger partial charge in [-0.25, -0.2) is 4.98 Å². The second-order valence-corrected chi connectivity index (χ2v) is 8.74. The standard InChI is InChI=1S/C26H26N6O3/c1-2-22(33)30-19-8-4-3-7-17(19)25(35)32-21-13-16(9-12-27-21)20-14-18-23(31-20)26(15-28-24(18)34)10-5-6-11-29-26/h2-4,7-9,12-14,29,31H,1,5-6,10-11,15H2,(H,28,34)(H,30,33)(H,27,32,35). The molecule has 0 aliphatic carbocycles. The Morgan fingerprint density at radius 1 is 1.11 bits per heavy atom. The number of carbonyl (C=O) groups is 3. The Hall–Kier alpha value is -4.24. The highest BCUT2D eigenvalue weighted by molar-refractivity contribution is 6.11. The first-order chi connectivity index (χ1) is 17.0. The average molecular weight is 471 g/mol. The number of fused-ring (bicyclic) bond motifs is 2. The highest BCUT2D eigenvalue weighted by Gasteiger charge is 2.42. The normalized spacial score (nSPS) is 18.9. The molecule has 1 atom stereocenters. The first kappa shape index (κ1) is 22.5. The lowest BCUT2D eigenvalue weighted by molar-refractivity contribution is -0.111. The number of nitrogens with zero attached hydrogens (tertiary/aromatic N) is 1. The maximum absolute atomic E-state index is 13.0. The van der Waals surface area contributed by atoms with Gasteiger partial charge in [0, 0.05) is 24.0 Å². The van der Waals surface area contributed by atoms with E-state index in [2.05, 4.69) is 37.8 Å². The zero-order chi connectivity index (χ0) is 24.4. The van der Waals surface area contributed by atoms with Gasteiger partial charge in [0.2, 0.25) is 5.91 Å². The SMILES string of the molecule is C=CC(=O)Nc1ccccc1C(=O)Nc1cc(-c2cc3c([nH]2)C2(CCCCN2)CNC3=O)ccn1. The van der Waals surface area contributed by atoms with Gasteiger partial charge in [-0.15, -0.1) is 0 Å². The van der Waals surface area contributed by atoms with Gasteiger partial charge in [-0.2, -0.15) is 0 Å². The molecule has 178 valence electrons. The van der Waals surface area contributed by atoms with E-state index < -0.39 is 11.8 Å². The molecule has 35 heavy (non-hydrogen) atoms. The van der Waals surface area contributed by atoms with Crippen LogP contribution in [0, 0.1) is 0 Å². The molecule has 0 radical (unpaired) electrons. The molecule has 3 amide bonds. The molecule has 3 aromatic rings. The molecular formula is C26H26N6O3. The van der Waals surface area contributed by atoms with E-state index in [-0.39, 0.29) is 11.4 Å². The minimum atomic E-state index is -0.412. The zero-order valence-electron chi connectivity index (χ0n) is 19.1. The lowest BCUT2D eigenvalue weighted by atomic mass is 9.82. The lowest BCUT2D eigenvalue weighted by Gasteiger charge is -2.41. The Morgan fingerprint density at radius 3 is 2.77 bits per heavy atom. The molecule has 4 heterocycles. The van der Waals surface area contributed by atoms with Gasteiger partial charge in [0.15, 0.2) is 0 Å². The fourth-order valence-corrected chi connectivity index (χ4v) is 4.74. The number of hydrogen-bond acceptors (Lipinski definition) is 5. The van der Waals surface area contributed by atoms with Gasteiger partial charge in [0.1, 0.15) is 5.82 Å². The third-order valence-corrected chi connectivity index (χ3v) is 6.51. The molecule has 5 rings (SSSR count). The number of carbonyl (C=O) groups excluding carboxylic acids is 3. The predicted molar refractivity (Wildman–Crippen MR) is 133 cm³/mol. The number of rotatable bonds is 5. The number of aromatic amines is 1. The Balaban J connectivity index is 1.42. The van der Waals surface area contributed by atoms with E-state index in [9.17, 15) is 14.4 Å². The van der Waals surface area contributed by atoms with Gasteiger partial charge < -0.3 is 26.3 Å². The quantitative estimate of drug-likeness (QED) is 0.366. The van der Waals surface area contributed by atoms with Crippen LogP contribution in [0.1, 0.15) is 45.7 Å². The monoisotopic (exact) mass is 470 g/mol. The number of H-pyrrole nitrogens is 1. The van der Waals surface area contributed by atoms with Crippen molar-refractivity contribution in [2.75, 3.05) is 23.7 Å². The molecule has 9 nitrogen and oxygen atoms in total. The van der Waals surface area contributed by atoms with E-state index in [4.69, 9.17) is 0 Å². The zero-order valence-corrected chi connectivity index (χ0v) is 19.1. The third-order valence-electron chi connectivity index (χ3n) is 6.51. The van der Waals surface area contributed by atoms with Crippen molar-refractivity contribution in [3.8, 4) is 11.3 Å². The highest BCUT2D eigenvalue weighted by Crippen LogP contribution is 2.37. The van der Waals surface area contributed by atoms with Crippen LogP contribution in [0.5, 0.6) is 0 Å². The molecular weight excluding hydrogens is 444 g/mol. The Labute approximate surface area is 202 Å². The van der Waals surface area contributed by atoms with E-state index in [0.717, 1.165) is 48.8 Å². The minimum absolute atomic E-state index is 0.0961. The summed E-state index contributed by atoms with van der Waals surface area (Å²) in [5.74, 6) is -0.568. The number of amides is 3. The molecule has 0 bridgehead atoms. The molecule has 1 spiro atoms.